The third kappa shape index (κ3) is 1.34. The summed E-state index contributed by atoms with van der Waals surface area (Å²) in [5.74, 6) is -0.412. The van der Waals surface area contributed by atoms with E-state index in [-0.39, 0.29) is 0 Å². The molecule has 1 atom stereocenters. The summed E-state index contributed by atoms with van der Waals surface area (Å²) in [7, 11) is 1.27. The van der Waals surface area contributed by atoms with E-state index in [2.05, 4.69) is 4.74 Å². The Balaban J connectivity index is 2.95. The van der Waals surface area contributed by atoms with Crippen molar-refractivity contribution in [2.45, 2.75) is 32.5 Å². The van der Waals surface area contributed by atoms with Crippen molar-refractivity contribution in [3.8, 4) is 0 Å². The number of carbonyl (C=O) groups excluding carboxylic acids is 2. The average molecular weight is 187 g/mol. The summed E-state index contributed by atoms with van der Waals surface area (Å²) in [5.41, 5.74) is -0.938. The highest BCUT2D eigenvalue weighted by Crippen LogP contribution is 2.28. The van der Waals surface area contributed by atoms with Crippen LogP contribution in [0.5, 0.6) is 0 Å². The summed E-state index contributed by atoms with van der Waals surface area (Å²) in [4.78, 5) is 23.8. The van der Waals surface area contributed by atoms with Gasteiger partial charge in [0.05, 0.1) is 7.11 Å². The molecule has 0 aromatic rings. The summed E-state index contributed by atoms with van der Waals surface area (Å²) in [6.45, 7) is 4.87. The van der Waals surface area contributed by atoms with Gasteiger partial charge in [0.2, 0.25) is 0 Å². The first-order chi connectivity index (χ1) is 5.91. The maximum Gasteiger partial charge on any atom is 0.413 e. The Hall–Kier alpha value is -1.26. The maximum absolute atomic E-state index is 11.3. The number of methoxy groups -OCH3 is 1. The molecule has 0 bridgehead atoms. The largest absolute Gasteiger partial charge is 0.453 e. The van der Waals surface area contributed by atoms with E-state index in [0.29, 0.717) is 0 Å². The van der Waals surface area contributed by atoms with Gasteiger partial charge >= 0.3 is 12.1 Å². The molecule has 1 saturated heterocycles. The quantitative estimate of drug-likeness (QED) is 0.525. The predicted octanol–water partition coefficient (Wildman–Crippen LogP) is 0.736. The van der Waals surface area contributed by atoms with E-state index in [1.165, 1.54) is 12.0 Å². The Morgan fingerprint density at radius 3 is 2.46 bits per heavy atom. The molecule has 1 fully saturated rings. The van der Waals surface area contributed by atoms with Crippen LogP contribution >= 0.6 is 0 Å². The number of carbonyl (C=O) groups is 2. The molecular weight excluding hydrogens is 174 g/mol. The highest BCUT2D eigenvalue weighted by atomic mass is 16.6. The third-order valence-electron chi connectivity index (χ3n) is 2.11. The fourth-order valence-electron chi connectivity index (χ4n) is 1.38. The first-order valence-corrected chi connectivity index (χ1v) is 3.99. The number of nitrogens with zero attached hydrogens (tertiary/aromatic N) is 1. The first-order valence-electron chi connectivity index (χ1n) is 3.99. The highest BCUT2D eigenvalue weighted by Gasteiger charge is 2.50. The molecular formula is C8H13NO4. The minimum absolute atomic E-state index is 0.412. The van der Waals surface area contributed by atoms with Gasteiger partial charge in [-0.2, -0.15) is 0 Å². The maximum atomic E-state index is 11.3. The second-order valence-electron chi connectivity index (χ2n) is 3.40. The van der Waals surface area contributed by atoms with Crippen molar-refractivity contribution in [2.24, 2.45) is 0 Å². The normalized spacial score (nSPS) is 25.7. The molecule has 0 aliphatic carbocycles. The molecule has 0 aromatic carbocycles. The molecule has 74 valence electrons. The van der Waals surface area contributed by atoms with Crippen LogP contribution in [0.4, 0.5) is 4.79 Å². The minimum atomic E-state index is -0.938. The molecule has 0 N–H and O–H groups in total. The zero-order chi connectivity index (χ0) is 10.2. The van der Waals surface area contributed by atoms with Crippen molar-refractivity contribution in [2.75, 3.05) is 7.11 Å². The number of cyclic esters (lactones) is 1. The van der Waals surface area contributed by atoms with Gasteiger partial charge in [0.15, 0.2) is 6.23 Å². The van der Waals surface area contributed by atoms with Gasteiger partial charge < -0.3 is 9.47 Å². The van der Waals surface area contributed by atoms with Crippen LogP contribution in [0.2, 0.25) is 0 Å². The van der Waals surface area contributed by atoms with E-state index in [4.69, 9.17) is 4.74 Å². The zero-order valence-electron chi connectivity index (χ0n) is 8.16. The van der Waals surface area contributed by atoms with Gasteiger partial charge in [-0.1, -0.05) is 0 Å². The molecule has 1 rings (SSSR count). The Labute approximate surface area is 76.6 Å². The smallest absolute Gasteiger partial charge is 0.413 e. The predicted molar refractivity (Wildman–Crippen MR) is 43.9 cm³/mol. The summed E-state index contributed by atoms with van der Waals surface area (Å²) >= 11 is 0. The number of hydrogen-bond donors (Lipinski definition) is 0. The van der Waals surface area contributed by atoms with Gasteiger partial charge in [-0.25, -0.2) is 9.59 Å². The van der Waals surface area contributed by atoms with Gasteiger partial charge in [-0.05, 0) is 20.8 Å². The van der Waals surface area contributed by atoms with Crippen LogP contribution < -0.4 is 0 Å². The molecule has 13 heavy (non-hydrogen) atoms. The molecule has 1 heterocycles. The monoisotopic (exact) mass is 187 g/mol. The lowest BCUT2D eigenvalue weighted by Gasteiger charge is -2.27. The minimum Gasteiger partial charge on any atom is -0.453 e. The van der Waals surface area contributed by atoms with Crippen LogP contribution in [0.1, 0.15) is 20.8 Å². The van der Waals surface area contributed by atoms with Crippen LogP contribution in [0.3, 0.4) is 0 Å². The van der Waals surface area contributed by atoms with Crippen LogP contribution in [-0.4, -0.2) is 35.8 Å². The topological polar surface area (TPSA) is 55.8 Å². The summed E-state index contributed by atoms with van der Waals surface area (Å²) in [6, 6.07) is 0. The second-order valence-corrected chi connectivity index (χ2v) is 3.40. The SMILES string of the molecule is COC(=O)N1C(C)OC(=O)C1(C)C. The molecule has 5 nitrogen and oxygen atoms in total. The molecule has 1 aliphatic heterocycles. The number of ether oxygens (including phenoxy) is 2. The third-order valence-corrected chi connectivity index (χ3v) is 2.11. The van der Waals surface area contributed by atoms with E-state index in [1.807, 2.05) is 0 Å². The van der Waals surface area contributed by atoms with E-state index < -0.39 is 23.8 Å². The van der Waals surface area contributed by atoms with Crippen molar-refractivity contribution in [1.82, 2.24) is 4.90 Å². The number of hydrogen-bond acceptors (Lipinski definition) is 4. The van der Waals surface area contributed by atoms with Gasteiger partial charge in [-0.15, -0.1) is 0 Å². The molecule has 1 amide bonds. The molecule has 0 spiro atoms. The van der Waals surface area contributed by atoms with Crippen LogP contribution in [0.15, 0.2) is 0 Å². The van der Waals surface area contributed by atoms with Gasteiger partial charge in [0.25, 0.3) is 0 Å². The standard InChI is InChI=1S/C8H13NO4/c1-5-9(7(11)12-4)8(2,3)6(10)13-5/h5H,1-4H3. The van der Waals surface area contributed by atoms with Crippen molar-refractivity contribution in [1.29, 1.82) is 0 Å². The molecule has 0 aromatic heterocycles. The van der Waals surface area contributed by atoms with Crippen molar-refractivity contribution < 1.29 is 19.1 Å². The number of rotatable bonds is 0. The van der Waals surface area contributed by atoms with Crippen LogP contribution in [-0.2, 0) is 14.3 Å². The van der Waals surface area contributed by atoms with E-state index >= 15 is 0 Å². The number of amides is 1. The van der Waals surface area contributed by atoms with Gasteiger partial charge in [-0.3, -0.25) is 4.90 Å². The molecule has 0 radical (unpaired) electrons. The summed E-state index contributed by atoms with van der Waals surface area (Å²) in [5, 5.41) is 0. The van der Waals surface area contributed by atoms with Crippen molar-refractivity contribution in [3.05, 3.63) is 0 Å². The zero-order valence-corrected chi connectivity index (χ0v) is 8.16. The van der Waals surface area contributed by atoms with Crippen molar-refractivity contribution in [3.63, 3.8) is 0 Å². The van der Waals surface area contributed by atoms with Gasteiger partial charge in [0, 0.05) is 0 Å². The lowest BCUT2D eigenvalue weighted by atomic mass is 10.1. The molecule has 0 saturated carbocycles. The van der Waals surface area contributed by atoms with Crippen LogP contribution in [0.25, 0.3) is 0 Å². The van der Waals surface area contributed by atoms with Gasteiger partial charge in [0.1, 0.15) is 5.54 Å². The van der Waals surface area contributed by atoms with E-state index in [0.717, 1.165) is 0 Å². The molecule has 5 heteroatoms. The Morgan fingerprint density at radius 2 is 2.15 bits per heavy atom. The lowest BCUT2D eigenvalue weighted by molar-refractivity contribution is -0.144. The fraction of sp³-hybridized carbons (Fsp3) is 0.750. The Kier molecular flexibility index (Phi) is 2.19. The second kappa shape index (κ2) is 2.90. The van der Waals surface area contributed by atoms with E-state index in [9.17, 15) is 9.59 Å². The first kappa shape index (κ1) is 9.83. The van der Waals surface area contributed by atoms with Crippen molar-refractivity contribution >= 4 is 12.1 Å². The lowest BCUT2D eigenvalue weighted by Crippen LogP contribution is -2.48. The van der Waals surface area contributed by atoms with E-state index in [1.54, 1.807) is 20.8 Å². The fourth-order valence-corrected chi connectivity index (χ4v) is 1.38. The molecule has 1 unspecified atom stereocenters. The van der Waals surface area contributed by atoms with Crippen LogP contribution in [0, 0.1) is 0 Å². The highest BCUT2D eigenvalue weighted by molar-refractivity contribution is 5.87. The molecule has 1 aliphatic rings. The average Bonchev–Trinajstić information content (AvgIpc) is 2.21. The Bertz CT molecular complexity index is 249. The Morgan fingerprint density at radius 1 is 1.62 bits per heavy atom. The summed E-state index contributed by atoms with van der Waals surface area (Å²) < 4.78 is 9.44. The summed E-state index contributed by atoms with van der Waals surface area (Å²) in [6.07, 6.45) is -1.11. The number of esters is 1.